The number of nitrogens with one attached hydrogen (secondary N) is 1. The second-order valence-electron chi connectivity index (χ2n) is 10.0. The lowest BCUT2D eigenvalue weighted by Gasteiger charge is -2.26. The van der Waals surface area contributed by atoms with E-state index in [1.165, 1.54) is 27.8 Å². The Labute approximate surface area is 226 Å². The Balaban J connectivity index is 1.15. The van der Waals surface area contributed by atoms with Crippen LogP contribution >= 0.6 is 11.6 Å². The molecule has 0 unspecified atom stereocenters. The van der Waals surface area contributed by atoms with E-state index in [0.717, 1.165) is 42.5 Å². The average molecular weight is 526 g/mol. The first-order valence-electron chi connectivity index (χ1n) is 12.7. The van der Waals surface area contributed by atoms with Gasteiger partial charge in [0.15, 0.2) is 0 Å². The molecule has 6 rings (SSSR count). The molecule has 192 valence electrons. The molecule has 4 aromatic rings. The fraction of sp³-hybridized carbons (Fsp3) is 0.233. The number of hydrogen-bond acceptors (Lipinski definition) is 4. The molecule has 3 heterocycles. The molecule has 0 aliphatic carbocycles. The molecule has 3 aromatic carbocycles. The van der Waals surface area contributed by atoms with Gasteiger partial charge in [0.1, 0.15) is 11.6 Å². The van der Waals surface area contributed by atoms with Gasteiger partial charge in [-0.15, -0.1) is 0 Å². The van der Waals surface area contributed by atoms with Crippen molar-refractivity contribution in [2.75, 3.05) is 11.4 Å². The highest BCUT2D eigenvalue weighted by molar-refractivity contribution is 6.30. The van der Waals surface area contributed by atoms with Crippen LogP contribution in [0.15, 0.2) is 72.9 Å². The molecule has 2 aliphatic heterocycles. The molecule has 1 aromatic heterocycles. The molecule has 0 saturated carbocycles. The van der Waals surface area contributed by atoms with Crippen LogP contribution < -0.4 is 10.2 Å². The van der Waals surface area contributed by atoms with E-state index in [-0.39, 0.29) is 12.3 Å². The number of halogens is 1. The Morgan fingerprint density at radius 3 is 2.53 bits per heavy atom. The number of carbonyl (C=O) groups excluding carboxylic acids is 2. The number of nitrogens with zero attached hydrogens (tertiary/aromatic N) is 4. The van der Waals surface area contributed by atoms with Gasteiger partial charge in [-0.05, 0) is 52.4 Å². The first kappa shape index (κ1) is 24.4. The van der Waals surface area contributed by atoms with Crippen LogP contribution in [0, 0.1) is 0 Å². The summed E-state index contributed by atoms with van der Waals surface area (Å²) in [5.41, 5.74) is 7.48. The normalized spacial score (nSPS) is 15.6. The van der Waals surface area contributed by atoms with Crippen LogP contribution in [0.1, 0.15) is 34.2 Å². The van der Waals surface area contributed by atoms with E-state index in [2.05, 4.69) is 69.8 Å². The first-order valence-corrected chi connectivity index (χ1v) is 13.1. The Bertz CT molecular complexity index is 1530. The predicted octanol–water partition coefficient (Wildman–Crippen LogP) is 5.29. The van der Waals surface area contributed by atoms with Crippen LogP contribution in [0.3, 0.4) is 0 Å². The Hall–Kier alpha value is -3.94. The molecule has 7 nitrogen and oxygen atoms in total. The Morgan fingerprint density at radius 2 is 1.71 bits per heavy atom. The van der Waals surface area contributed by atoms with Gasteiger partial charge >= 0.3 is 6.03 Å². The van der Waals surface area contributed by atoms with Crippen LogP contribution in [0.25, 0.3) is 11.4 Å². The number of carbonyl (C=O) groups is 2. The average Bonchev–Trinajstić information content (AvgIpc) is 3.48. The molecule has 38 heavy (non-hydrogen) atoms. The highest BCUT2D eigenvalue weighted by atomic mass is 35.5. The number of benzene rings is 3. The first-order chi connectivity index (χ1) is 18.4. The molecule has 8 heteroatoms. The summed E-state index contributed by atoms with van der Waals surface area (Å²) in [6.07, 6.45) is 2.86. The topological polar surface area (TPSA) is 70.5 Å². The second kappa shape index (κ2) is 10.1. The second-order valence-corrected chi connectivity index (χ2v) is 10.4. The number of amides is 3. The molecule has 1 saturated heterocycles. The number of imidazole rings is 1. The molecule has 1 fully saturated rings. The Morgan fingerprint density at radius 1 is 0.921 bits per heavy atom. The number of urea groups is 1. The number of hydrogen-bond donors (Lipinski definition) is 1. The maximum absolute atomic E-state index is 12.3. The van der Waals surface area contributed by atoms with Gasteiger partial charge in [-0.25, -0.2) is 9.78 Å². The van der Waals surface area contributed by atoms with E-state index in [9.17, 15) is 9.59 Å². The fourth-order valence-electron chi connectivity index (χ4n) is 5.35. The van der Waals surface area contributed by atoms with Gasteiger partial charge in [0, 0.05) is 50.2 Å². The van der Waals surface area contributed by atoms with Crippen molar-refractivity contribution in [3.05, 3.63) is 106 Å². The molecule has 0 radical (unpaired) electrons. The van der Waals surface area contributed by atoms with Gasteiger partial charge in [0.05, 0.1) is 6.20 Å². The summed E-state index contributed by atoms with van der Waals surface area (Å²) in [4.78, 5) is 32.5. The standard InChI is InChI=1S/C30H28ClN5O2/c1-34-28(36-12-11-27(37)33-30(36)38)16-32-29(34)23-7-8-24-18-35(19-25(24)15-23)17-22-4-2-3-21(14-22)13-20-5-9-26(31)10-6-20/h2-10,14-16H,11-13,17-19H2,1H3,(H,33,37,38). The van der Waals surface area contributed by atoms with Crippen molar-refractivity contribution in [1.29, 1.82) is 0 Å². The summed E-state index contributed by atoms with van der Waals surface area (Å²) in [5.74, 6) is 1.22. The monoisotopic (exact) mass is 525 g/mol. The van der Waals surface area contributed by atoms with Gasteiger partial charge in [-0.2, -0.15) is 0 Å². The minimum absolute atomic E-state index is 0.245. The molecule has 2 aliphatic rings. The van der Waals surface area contributed by atoms with Crippen molar-refractivity contribution in [1.82, 2.24) is 19.8 Å². The van der Waals surface area contributed by atoms with Crippen molar-refractivity contribution < 1.29 is 9.59 Å². The van der Waals surface area contributed by atoms with Crippen molar-refractivity contribution in [3.63, 3.8) is 0 Å². The molecular weight excluding hydrogens is 498 g/mol. The minimum Gasteiger partial charge on any atom is -0.314 e. The molecule has 3 amide bonds. The number of fused-ring (bicyclic) bond motifs is 1. The van der Waals surface area contributed by atoms with Gasteiger partial charge in [0.25, 0.3) is 0 Å². The summed E-state index contributed by atoms with van der Waals surface area (Å²) in [7, 11) is 1.90. The number of aromatic nitrogens is 2. The third-order valence-electron chi connectivity index (χ3n) is 7.27. The van der Waals surface area contributed by atoms with Gasteiger partial charge in [-0.3, -0.25) is 19.9 Å². The molecule has 0 atom stereocenters. The molecule has 1 N–H and O–H groups in total. The van der Waals surface area contributed by atoms with Crippen LogP contribution in [0.5, 0.6) is 0 Å². The maximum Gasteiger partial charge on any atom is 0.329 e. The third kappa shape index (κ3) is 4.95. The summed E-state index contributed by atoms with van der Waals surface area (Å²) in [6.45, 7) is 3.01. The van der Waals surface area contributed by atoms with Crippen molar-refractivity contribution in [3.8, 4) is 11.4 Å². The lowest BCUT2D eigenvalue weighted by atomic mass is 10.0. The highest BCUT2D eigenvalue weighted by Gasteiger charge is 2.27. The van der Waals surface area contributed by atoms with Crippen LogP contribution in [0.2, 0.25) is 5.02 Å². The van der Waals surface area contributed by atoms with Crippen LogP contribution in [-0.2, 0) is 37.9 Å². The summed E-state index contributed by atoms with van der Waals surface area (Å²) in [6, 6.07) is 22.9. The lowest BCUT2D eigenvalue weighted by Crippen LogP contribution is -2.50. The lowest BCUT2D eigenvalue weighted by molar-refractivity contribution is -0.120. The van der Waals surface area contributed by atoms with Crippen LogP contribution in [0.4, 0.5) is 10.6 Å². The van der Waals surface area contributed by atoms with E-state index >= 15 is 0 Å². The smallest absolute Gasteiger partial charge is 0.314 e. The minimum atomic E-state index is -0.405. The summed E-state index contributed by atoms with van der Waals surface area (Å²) >= 11 is 6.03. The van der Waals surface area contributed by atoms with Gasteiger partial charge in [-0.1, -0.05) is 60.1 Å². The molecule has 0 bridgehead atoms. The molecule has 0 spiro atoms. The summed E-state index contributed by atoms with van der Waals surface area (Å²) in [5, 5.41) is 3.14. The van der Waals surface area contributed by atoms with Crippen molar-refractivity contribution in [2.45, 2.75) is 32.5 Å². The van der Waals surface area contributed by atoms with Crippen LogP contribution in [-0.4, -0.2) is 32.9 Å². The van der Waals surface area contributed by atoms with Gasteiger partial charge in [0.2, 0.25) is 5.91 Å². The van der Waals surface area contributed by atoms with E-state index in [0.29, 0.717) is 12.4 Å². The SMILES string of the molecule is Cn1c(N2CCC(=O)NC2=O)cnc1-c1ccc2c(c1)CN(Cc1cccc(Cc3ccc(Cl)cc3)c1)C2. The Kier molecular flexibility index (Phi) is 6.47. The maximum atomic E-state index is 12.3. The highest BCUT2D eigenvalue weighted by Crippen LogP contribution is 2.31. The zero-order chi connectivity index (χ0) is 26.2. The van der Waals surface area contributed by atoms with Crippen molar-refractivity contribution in [2.24, 2.45) is 7.05 Å². The quantitative estimate of drug-likeness (QED) is 0.371. The molecular formula is C30H28ClN5O2. The van der Waals surface area contributed by atoms with E-state index in [4.69, 9.17) is 11.6 Å². The largest absolute Gasteiger partial charge is 0.329 e. The van der Waals surface area contributed by atoms with Gasteiger partial charge < -0.3 is 4.57 Å². The fourth-order valence-corrected chi connectivity index (χ4v) is 5.48. The van der Waals surface area contributed by atoms with E-state index in [1.54, 1.807) is 11.1 Å². The zero-order valence-electron chi connectivity index (χ0n) is 21.2. The van der Waals surface area contributed by atoms with Crippen molar-refractivity contribution >= 4 is 29.4 Å². The zero-order valence-corrected chi connectivity index (χ0v) is 21.9. The predicted molar refractivity (Wildman–Crippen MR) is 148 cm³/mol. The van der Waals surface area contributed by atoms with E-state index in [1.807, 2.05) is 23.7 Å². The number of imide groups is 1. The van der Waals surface area contributed by atoms with E-state index < -0.39 is 6.03 Å². The third-order valence-corrected chi connectivity index (χ3v) is 7.52. The number of anilines is 1. The summed E-state index contributed by atoms with van der Waals surface area (Å²) < 4.78 is 1.91. The number of rotatable bonds is 6.